The predicted molar refractivity (Wildman–Crippen MR) is 112 cm³/mol. The average Bonchev–Trinajstić information content (AvgIpc) is 3.18. The van der Waals surface area contributed by atoms with Gasteiger partial charge >= 0.3 is 0 Å². The van der Waals surface area contributed by atoms with Crippen molar-refractivity contribution >= 4 is 27.3 Å². The molecule has 0 saturated carbocycles. The zero-order valence-electron chi connectivity index (χ0n) is 16.5. The molecule has 1 heterocycles. The van der Waals surface area contributed by atoms with Crippen LogP contribution in [0.15, 0.2) is 46.0 Å². The topological polar surface area (TPSA) is 84.5 Å². The van der Waals surface area contributed by atoms with Gasteiger partial charge in [-0.25, -0.2) is 13.1 Å². The van der Waals surface area contributed by atoms with E-state index in [9.17, 15) is 13.2 Å². The number of carbonyl (C=O) groups excluding carboxylic acids is 1. The fourth-order valence-electron chi connectivity index (χ4n) is 2.44. The van der Waals surface area contributed by atoms with Gasteiger partial charge in [0.25, 0.3) is 0 Å². The Kier molecular flexibility index (Phi) is 8.03. The van der Waals surface area contributed by atoms with Crippen LogP contribution >= 0.6 is 11.3 Å². The van der Waals surface area contributed by atoms with Crippen LogP contribution in [0.4, 0.5) is 0 Å². The van der Waals surface area contributed by atoms with E-state index >= 15 is 0 Å². The Hall–Kier alpha value is -1.90. The molecule has 2 aromatic rings. The molecule has 0 aliphatic heterocycles. The van der Waals surface area contributed by atoms with Gasteiger partial charge in [0.15, 0.2) is 0 Å². The summed E-state index contributed by atoms with van der Waals surface area (Å²) in [5.74, 6) is 0.665. The maximum absolute atomic E-state index is 11.9. The van der Waals surface area contributed by atoms with E-state index in [1.807, 2.05) is 12.1 Å². The van der Waals surface area contributed by atoms with Gasteiger partial charge in [0, 0.05) is 19.5 Å². The highest BCUT2D eigenvalue weighted by Crippen LogP contribution is 2.24. The normalized spacial score (nSPS) is 12.0. The van der Waals surface area contributed by atoms with Crippen molar-refractivity contribution in [3.05, 3.63) is 47.3 Å². The van der Waals surface area contributed by atoms with Crippen LogP contribution < -0.4 is 14.8 Å². The molecule has 1 aromatic heterocycles. The SMILES string of the molecule is CC(C)(C)c1ccc(OCCCC(=O)NCCNS(=O)(=O)c2cccs2)cc1. The van der Waals surface area contributed by atoms with Gasteiger partial charge in [-0.1, -0.05) is 39.0 Å². The van der Waals surface area contributed by atoms with E-state index in [4.69, 9.17) is 4.74 Å². The van der Waals surface area contributed by atoms with Crippen molar-refractivity contribution in [3.8, 4) is 5.75 Å². The van der Waals surface area contributed by atoms with Crippen molar-refractivity contribution in [2.24, 2.45) is 0 Å². The Bertz CT molecular complexity index is 839. The quantitative estimate of drug-likeness (QED) is 0.573. The Morgan fingerprint density at radius 1 is 1.11 bits per heavy atom. The van der Waals surface area contributed by atoms with Crippen LogP contribution in [0.25, 0.3) is 0 Å². The average molecular weight is 425 g/mol. The van der Waals surface area contributed by atoms with Gasteiger partial charge in [-0.3, -0.25) is 4.79 Å². The summed E-state index contributed by atoms with van der Waals surface area (Å²) in [4.78, 5) is 11.8. The minimum atomic E-state index is -3.48. The summed E-state index contributed by atoms with van der Waals surface area (Å²) in [6.45, 7) is 7.34. The predicted octanol–water partition coefficient (Wildman–Crippen LogP) is 3.30. The van der Waals surface area contributed by atoms with Gasteiger partial charge in [-0.2, -0.15) is 0 Å². The highest BCUT2D eigenvalue weighted by molar-refractivity contribution is 7.91. The minimum absolute atomic E-state index is 0.106. The van der Waals surface area contributed by atoms with Gasteiger partial charge in [-0.15, -0.1) is 11.3 Å². The second kappa shape index (κ2) is 10.0. The number of nitrogens with one attached hydrogen (secondary N) is 2. The number of benzene rings is 1. The molecule has 0 bridgehead atoms. The maximum Gasteiger partial charge on any atom is 0.250 e. The molecule has 0 saturated heterocycles. The molecule has 0 radical (unpaired) electrons. The van der Waals surface area contributed by atoms with Crippen LogP contribution in [0, 0.1) is 0 Å². The summed E-state index contributed by atoms with van der Waals surface area (Å²) in [7, 11) is -3.48. The van der Waals surface area contributed by atoms with Crippen LogP contribution in [0.2, 0.25) is 0 Å². The highest BCUT2D eigenvalue weighted by atomic mass is 32.2. The minimum Gasteiger partial charge on any atom is -0.494 e. The van der Waals surface area contributed by atoms with E-state index < -0.39 is 10.0 Å². The van der Waals surface area contributed by atoms with Crippen LogP contribution in [-0.4, -0.2) is 34.0 Å². The first-order valence-electron chi connectivity index (χ1n) is 9.22. The second-order valence-corrected chi connectivity index (χ2v) is 10.3. The lowest BCUT2D eigenvalue weighted by Gasteiger charge is -2.19. The van der Waals surface area contributed by atoms with E-state index in [-0.39, 0.29) is 28.6 Å². The smallest absolute Gasteiger partial charge is 0.250 e. The van der Waals surface area contributed by atoms with Crippen molar-refractivity contribution in [2.75, 3.05) is 19.7 Å². The van der Waals surface area contributed by atoms with Crippen LogP contribution in [0.1, 0.15) is 39.2 Å². The van der Waals surface area contributed by atoms with E-state index in [0.29, 0.717) is 19.4 Å². The summed E-state index contributed by atoms with van der Waals surface area (Å²) >= 11 is 1.16. The van der Waals surface area contributed by atoms with E-state index in [1.165, 1.54) is 5.56 Å². The number of amides is 1. The third-order valence-electron chi connectivity index (χ3n) is 4.04. The van der Waals surface area contributed by atoms with Crippen molar-refractivity contribution in [2.45, 2.75) is 43.2 Å². The Balaban J connectivity index is 1.59. The molecule has 1 amide bonds. The molecular weight excluding hydrogens is 396 g/mol. The Morgan fingerprint density at radius 3 is 2.43 bits per heavy atom. The molecule has 8 heteroatoms. The third-order valence-corrected chi connectivity index (χ3v) is 6.89. The molecule has 0 atom stereocenters. The lowest BCUT2D eigenvalue weighted by molar-refractivity contribution is -0.121. The molecule has 6 nitrogen and oxygen atoms in total. The van der Waals surface area contributed by atoms with Crippen LogP contribution in [0.3, 0.4) is 0 Å². The Labute approximate surface area is 171 Å². The van der Waals surface area contributed by atoms with Crippen molar-refractivity contribution in [3.63, 3.8) is 0 Å². The van der Waals surface area contributed by atoms with Crippen LogP contribution in [0.5, 0.6) is 5.75 Å². The van der Waals surface area contributed by atoms with Gasteiger partial charge in [0.05, 0.1) is 6.61 Å². The molecule has 0 fully saturated rings. The third kappa shape index (κ3) is 7.26. The van der Waals surface area contributed by atoms with Gasteiger partial charge in [-0.05, 0) is 41.0 Å². The largest absolute Gasteiger partial charge is 0.494 e. The lowest BCUT2D eigenvalue weighted by atomic mass is 9.87. The molecule has 0 unspecified atom stereocenters. The molecule has 0 spiro atoms. The number of thiophene rings is 1. The summed E-state index contributed by atoms with van der Waals surface area (Å²) in [6.07, 6.45) is 0.922. The number of sulfonamides is 1. The number of carbonyl (C=O) groups is 1. The molecule has 2 rings (SSSR count). The monoisotopic (exact) mass is 424 g/mol. The molecular formula is C20H28N2O4S2. The number of ether oxygens (including phenoxy) is 1. The fourth-order valence-corrected chi connectivity index (χ4v) is 4.51. The van der Waals surface area contributed by atoms with E-state index in [2.05, 4.69) is 42.9 Å². The van der Waals surface area contributed by atoms with Gasteiger partial charge < -0.3 is 10.1 Å². The van der Waals surface area contributed by atoms with Crippen LogP contribution in [-0.2, 0) is 20.2 Å². The van der Waals surface area contributed by atoms with E-state index in [0.717, 1.165) is 17.1 Å². The van der Waals surface area contributed by atoms with E-state index in [1.54, 1.807) is 17.5 Å². The second-order valence-electron chi connectivity index (χ2n) is 7.41. The standard InChI is InChI=1S/C20H28N2O4S2/c1-20(2,3)16-8-10-17(11-9-16)26-14-4-6-18(23)21-12-13-22-28(24,25)19-7-5-15-27-19/h5,7-11,15,22H,4,6,12-14H2,1-3H3,(H,21,23). The molecule has 0 aliphatic rings. The number of hydrogen-bond donors (Lipinski definition) is 2. The van der Waals surface area contributed by atoms with Crippen molar-refractivity contribution in [1.29, 1.82) is 0 Å². The first-order chi connectivity index (χ1) is 13.2. The zero-order chi connectivity index (χ0) is 20.6. The fraction of sp³-hybridized carbons (Fsp3) is 0.450. The van der Waals surface area contributed by atoms with Gasteiger partial charge in [0.2, 0.25) is 15.9 Å². The first kappa shape index (κ1) is 22.4. The molecule has 2 N–H and O–H groups in total. The first-order valence-corrected chi connectivity index (χ1v) is 11.6. The molecule has 0 aliphatic carbocycles. The van der Waals surface area contributed by atoms with Crippen molar-refractivity contribution in [1.82, 2.24) is 10.0 Å². The highest BCUT2D eigenvalue weighted by Gasteiger charge is 2.14. The van der Waals surface area contributed by atoms with Crippen molar-refractivity contribution < 1.29 is 17.9 Å². The summed E-state index contributed by atoms with van der Waals surface area (Å²) < 4.78 is 32.3. The maximum atomic E-state index is 11.9. The summed E-state index contributed by atoms with van der Waals surface area (Å²) in [6, 6.07) is 11.2. The lowest BCUT2D eigenvalue weighted by Crippen LogP contribution is -2.34. The number of rotatable bonds is 10. The van der Waals surface area contributed by atoms with Gasteiger partial charge in [0.1, 0.15) is 9.96 Å². The molecule has 154 valence electrons. The Morgan fingerprint density at radius 2 is 1.82 bits per heavy atom. The molecule has 1 aromatic carbocycles. The summed E-state index contributed by atoms with van der Waals surface area (Å²) in [5.41, 5.74) is 1.35. The number of hydrogen-bond acceptors (Lipinski definition) is 5. The molecule has 28 heavy (non-hydrogen) atoms. The summed E-state index contributed by atoms with van der Waals surface area (Å²) in [5, 5.41) is 4.41. The zero-order valence-corrected chi connectivity index (χ0v) is 18.2.